The normalized spacial score (nSPS) is 10.2. The van der Waals surface area contributed by atoms with Crippen LogP contribution >= 0.6 is 11.3 Å². The van der Waals surface area contributed by atoms with Crippen molar-refractivity contribution in [2.75, 3.05) is 5.32 Å². The van der Waals surface area contributed by atoms with Gasteiger partial charge in [0.25, 0.3) is 5.91 Å². The third-order valence-corrected chi connectivity index (χ3v) is 4.50. The van der Waals surface area contributed by atoms with Gasteiger partial charge in [0.15, 0.2) is 0 Å². The largest absolute Gasteiger partial charge is 0.410 e. The van der Waals surface area contributed by atoms with Crippen LogP contribution in [0.1, 0.15) is 10.4 Å². The van der Waals surface area contributed by atoms with Crippen molar-refractivity contribution in [3.63, 3.8) is 0 Å². The van der Waals surface area contributed by atoms with Crippen molar-refractivity contribution < 1.29 is 19.2 Å². The quantitative estimate of drug-likeness (QED) is 0.508. The summed E-state index contributed by atoms with van der Waals surface area (Å²) in [4.78, 5) is 34.0. The number of anilines is 1. The number of carbonyl (C=O) groups excluding carboxylic acids is 2. The molecule has 0 aliphatic heterocycles. The van der Waals surface area contributed by atoms with Gasteiger partial charge in [-0.05, 0) is 46.7 Å². The summed E-state index contributed by atoms with van der Waals surface area (Å²) in [6, 6.07) is 16.3. The molecule has 136 valence electrons. The Morgan fingerprint density at radius 1 is 1.07 bits per heavy atom. The predicted molar refractivity (Wildman–Crippen MR) is 101 cm³/mol. The summed E-state index contributed by atoms with van der Waals surface area (Å²) < 4.78 is 4.89. The SMILES string of the molecule is NC(=O)Oc1ccc(C(=O)Nc2ccc([N+](=O)[O-])s2)c(-c2ccccc2)c1. The Hall–Kier alpha value is -3.72. The van der Waals surface area contributed by atoms with Crippen molar-refractivity contribution in [3.8, 4) is 16.9 Å². The van der Waals surface area contributed by atoms with E-state index in [9.17, 15) is 19.7 Å². The molecule has 0 saturated carbocycles. The lowest BCUT2D eigenvalue weighted by Crippen LogP contribution is -2.17. The minimum atomic E-state index is -0.961. The van der Waals surface area contributed by atoms with Crippen molar-refractivity contribution in [2.45, 2.75) is 0 Å². The first-order valence-corrected chi connectivity index (χ1v) is 8.48. The Morgan fingerprint density at radius 3 is 2.44 bits per heavy atom. The number of hydrogen-bond acceptors (Lipinski definition) is 6. The van der Waals surface area contributed by atoms with Gasteiger partial charge in [0, 0.05) is 11.6 Å². The van der Waals surface area contributed by atoms with E-state index in [-0.39, 0.29) is 10.8 Å². The number of primary amides is 1. The van der Waals surface area contributed by atoms with Gasteiger partial charge in [-0.25, -0.2) is 4.79 Å². The molecule has 0 spiro atoms. The van der Waals surface area contributed by atoms with Crippen LogP contribution in [0.25, 0.3) is 11.1 Å². The molecule has 27 heavy (non-hydrogen) atoms. The first-order chi connectivity index (χ1) is 12.9. The summed E-state index contributed by atoms with van der Waals surface area (Å²) >= 11 is 0.860. The maximum Gasteiger partial charge on any atom is 0.409 e. The number of nitro groups is 1. The van der Waals surface area contributed by atoms with Crippen LogP contribution in [0.15, 0.2) is 60.7 Å². The van der Waals surface area contributed by atoms with Crippen LogP contribution in [-0.2, 0) is 0 Å². The average Bonchev–Trinajstić information content (AvgIpc) is 3.10. The Bertz CT molecular complexity index is 1020. The van der Waals surface area contributed by atoms with E-state index in [0.29, 0.717) is 16.1 Å². The average molecular weight is 383 g/mol. The third kappa shape index (κ3) is 4.28. The highest BCUT2D eigenvalue weighted by atomic mass is 32.1. The molecule has 0 radical (unpaired) electrons. The summed E-state index contributed by atoms with van der Waals surface area (Å²) in [5.74, 6) is -0.249. The standard InChI is InChI=1S/C18H13N3O5S/c19-18(23)26-12-6-7-13(14(10-12)11-4-2-1-3-5-11)17(22)20-15-8-9-16(27-15)21(24)25/h1-10H,(H2,19,23)(H,20,22). The van der Waals surface area contributed by atoms with Crippen molar-refractivity contribution in [2.24, 2.45) is 5.73 Å². The second-order valence-electron chi connectivity index (χ2n) is 5.34. The monoisotopic (exact) mass is 383 g/mol. The molecule has 1 aromatic heterocycles. The van der Waals surface area contributed by atoms with Gasteiger partial charge in [-0.1, -0.05) is 30.3 Å². The van der Waals surface area contributed by atoms with Gasteiger partial charge in [-0.15, -0.1) is 0 Å². The second-order valence-corrected chi connectivity index (χ2v) is 6.41. The number of nitrogens with one attached hydrogen (secondary N) is 1. The van der Waals surface area contributed by atoms with Crippen molar-refractivity contribution in [3.05, 3.63) is 76.3 Å². The maximum absolute atomic E-state index is 12.7. The third-order valence-electron chi connectivity index (χ3n) is 3.55. The number of nitrogens with two attached hydrogens (primary N) is 1. The molecular formula is C18H13N3O5S. The highest BCUT2D eigenvalue weighted by Crippen LogP contribution is 2.31. The van der Waals surface area contributed by atoms with Crippen LogP contribution in [-0.4, -0.2) is 16.9 Å². The minimum absolute atomic E-state index is 0.0706. The first-order valence-electron chi connectivity index (χ1n) is 7.66. The van der Waals surface area contributed by atoms with Gasteiger partial charge < -0.3 is 15.8 Å². The van der Waals surface area contributed by atoms with Gasteiger partial charge in [-0.2, -0.15) is 0 Å². The van der Waals surface area contributed by atoms with Gasteiger partial charge >= 0.3 is 11.1 Å². The maximum atomic E-state index is 12.7. The molecule has 0 aliphatic carbocycles. The lowest BCUT2D eigenvalue weighted by Gasteiger charge is -2.11. The molecule has 9 heteroatoms. The van der Waals surface area contributed by atoms with Crippen molar-refractivity contribution in [1.29, 1.82) is 0 Å². The Kier molecular flexibility index (Phi) is 5.13. The molecule has 0 fully saturated rings. The van der Waals surface area contributed by atoms with Crippen LogP contribution < -0.4 is 15.8 Å². The van der Waals surface area contributed by atoms with E-state index in [0.717, 1.165) is 16.9 Å². The van der Waals surface area contributed by atoms with E-state index < -0.39 is 16.9 Å². The number of nitrogens with zero attached hydrogens (tertiary/aromatic N) is 1. The topological polar surface area (TPSA) is 125 Å². The summed E-state index contributed by atoms with van der Waals surface area (Å²) in [6.07, 6.45) is -0.961. The Labute approximate surface area is 157 Å². The molecule has 1 heterocycles. The second kappa shape index (κ2) is 7.67. The smallest absolute Gasteiger partial charge is 0.409 e. The lowest BCUT2D eigenvalue weighted by atomic mass is 9.99. The lowest BCUT2D eigenvalue weighted by molar-refractivity contribution is -0.380. The van der Waals surface area contributed by atoms with Crippen LogP contribution in [0.3, 0.4) is 0 Å². The van der Waals surface area contributed by atoms with E-state index in [1.165, 1.54) is 30.3 Å². The molecular weight excluding hydrogens is 370 g/mol. The number of amides is 2. The molecule has 0 bridgehead atoms. The van der Waals surface area contributed by atoms with Crippen molar-refractivity contribution >= 4 is 33.3 Å². The fourth-order valence-corrected chi connectivity index (χ4v) is 3.15. The number of carbonyl (C=O) groups is 2. The van der Waals surface area contributed by atoms with E-state index in [1.807, 2.05) is 6.07 Å². The van der Waals surface area contributed by atoms with Crippen LogP contribution in [0.2, 0.25) is 0 Å². The molecule has 3 aromatic rings. The number of benzene rings is 2. The van der Waals surface area contributed by atoms with Crippen molar-refractivity contribution in [1.82, 2.24) is 0 Å². The minimum Gasteiger partial charge on any atom is -0.410 e. The van der Waals surface area contributed by atoms with E-state index in [2.05, 4.69) is 5.32 Å². The highest BCUT2D eigenvalue weighted by molar-refractivity contribution is 7.19. The van der Waals surface area contributed by atoms with Crippen LogP contribution in [0.4, 0.5) is 14.8 Å². The Morgan fingerprint density at radius 2 is 1.81 bits per heavy atom. The zero-order valence-corrected chi connectivity index (χ0v) is 14.6. The van der Waals surface area contributed by atoms with E-state index >= 15 is 0 Å². The van der Waals surface area contributed by atoms with Crippen LogP contribution in [0, 0.1) is 10.1 Å². The molecule has 3 rings (SSSR count). The molecule has 2 aromatic carbocycles. The van der Waals surface area contributed by atoms with E-state index in [1.54, 1.807) is 24.3 Å². The number of thiophene rings is 1. The zero-order valence-electron chi connectivity index (χ0n) is 13.7. The van der Waals surface area contributed by atoms with Crippen LogP contribution in [0.5, 0.6) is 5.75 Å². The first kappa shape index (κ1) is 18.1. The fourth-order valence-electron chi connectivity index (χ4n) is 2.43. The summed E-state index contributed by atoms with van der Waals surface area (Å²) in [5.41, 5.74) is 6.62. The van der Waals surface area contributed by atoms with Gasteiger partial charge in [0.1, 0.15) is 10.8 Å². The van der Waals surface area contributed by atoms with E-state index in [4.69, 9.17) is 10.5 Å². The molecule has 8 nitrogen and oxygen atoms in total. The summed E-state index contributed by atoms with van der Waals surface area (Å²) in [7, 11) is 0. The molecule has 2 amide bonds. The molecule has 0 atom stereocenters. The summed E-state index contributed by atoms with van der Waals surface area (Å²) in [5, 5.41) is 13.7. The van der Waals surface area contributed by atoms with Gasteiger partial charge in [0.2, 0.25) is 0 Å². The number of hydrogen-bond donors (Lipinski definition) is 2. The molecule has 0 aliphatic rings. The molecule has 0 saturated heterocycles. The Balaban J connectivity index is 1.96. The number of ether oxygens (including phenoxy) is 1. The van der Waals surface area contributed by atoms with Gasteiger partial charge in [-0.3, -0.25) is 14.9 Å². The van der Waals surface area contributed by atoms with Gasteiger partial charge in [0.05, 0.1) is 4.92 Å². The number of rotatable bonds is 5. The molecule has 0 unspecified atom stereocenters. The highest BCUT2D eigenvalue weighted by Gasteiger charge is 2.17. The predicted octanol–water partition coefficient (Wildman–Crippen LogP) is 4.03. The molecule has 3 N–H and O–H groups in total. The summed E-state index contributed by atoms with van der Waals surface area (Å²) in [6.45, 7) is 0. The fraction of sp³-hybridized carbons (Fsp3) is 0. The zero-order chi connectivity index (χ0) is 19.4.